The second-order valence-corrected chi connectivity index (χ2v) is 9.59. The smallest absolute Gasteiger partial charge is 0.178 e. The summed E-state index contributed by atoms with van der Waals surface area (Å²) in [7, 11) is -1.70. The lowest BCUT2D eigenvalue weighted by atomic mass is 10.1. The minimum absolute atomic E-state index is 0.0670. The molecule has 0 saturated heterocycles. The zero-order chi connectivity index (χ0) is 21.7. The number of aromatic amines is 1. The van der Waals surface area contributed by atoms with Gasteiger partial charge in [-0.2, -0.15) is 0 Å². The number of ether oxygens (including phenoxy) is 1. The molecule has 0 bridgehead atoms. The third-order valence-electron chi connectivity index (χ3n) is 5.56. The molecule has 6 heteroatoms. The van der Waals surface area contributed by atoms with Gasteiger partial charge >= 0.3 is 0 Å². The van der Waals surface area contributed by atoms with Crippen molar-refractivity contribution >= 4 is 9.84 Å². The summed E-state index contributed by atoms with van der Waals surface area (Å²) in [5.41, 5.74) is 3.95. The minimum atomic E-state index is -3.29. The highest BCUT2D eigenvalue weighted by Gasteiger charge is 2.18. The number of sulfone groups is 1. The highest BCUT2D eigenvalue weighted by atomic mass is 32.2. The third kappa shape index (κ3) is 4.77. The van der Waals surface area contributed by atoms with Crippen LogP contribution in [-0.2, 0) is 16.4 Å². The topological polar surface area (TPSA) is 62.4 Å². The van der Waals surface area contributed by atoms with Crippen LogP contribution in [-0.4, -0.2) is 37.7 Å². The molecule has 0 aliphatic rings. The molecule has 5 nitrogen and oxygen atoms in total. The molecule has 1 atom stereocenters. The molecule has 1 aromatic heterocycles. The van der Waals surface area contributed by atoms with E-state index in [1.807, 2.05) is 12.1 Å². The van der Waals surface area contributed by atoms with Gasteiger partial charge in [0.15, 0.2) is 9.84 Å². The summed E-state index contributed by atoms with van der Waals surface area (Å²) in [4.78, 5) is 6.15. The first-order valence-electron chi connectivity index (χ1n) is 10.3. The van der Waals surface area contributed by atoms with Crippen LogP contribution in [0.1, 0.15) is 38.1 Å². The lowest BCUT2D eigenvalue weighted by Gasteiger charge is -2.27. The molecule has 0 spiro atoms. The highest BCUT2D eigenvalue weighted by molar-refractivity contribution is 7.91. The minimum Gasteiger partial charge on any atom is -0.496 e. The Kier molecular flexibility index (Phi) is 7.00. The molecule has 0 amide bonds. The van der Waals surface area contributed by atoms with E-state index in [1.165, 1.54) is 5.56 Å². The summed E-state index contributed by atoms with van der Waals surface area (Å²) in [6, 6.07) is 19.8. The van der Waals surface area contributed by atoms with Crippen LogP contribution >= 0.6 is 0 Å². The largest absolute Gasteiger partial charge is 0.496 e. The molecular formula is C24H30N2O3S. The van der Waals surface area contributed by atoms with Crippen LogP contribution in [0.5, 0.6) is 5.75 Å². The molecule has 30 heavy (non-hydrogen) atoms. The van der Waals surface area contributed by atoms with E-state index in [9.17, 15) is 8.42 Å². The van der Waals surface area contributed by atoms with Gasteiger partial charge in [0.05, 0.1) is 17.8 Å². The molecule has 3 rings (SSSR count). The summed E-state index contributed by atoms with van der Waals surface area (Å²) in [5, 5.41) is 0. The Morgan fingerprint density at radius 1 is 1.03 bits per heavy atom. The van der Waals surface area contributed by atoms with Crippen molar-refractivity contribution in [3.63, 3.8) is 0 Å². The molecule has 0 unspecified atom stereocenters. The van der Waals surface area contributed by atoms with Crippen molar-refractivity contribution in [2.45, 2.75) is 38.3 Å². The molecule has 0 radical (unpaired) electrons. The van der Waals surface area contributed by atoms with Crippen molar-refractivity contribution in [3.05, 3.63) is 71.9 Å². The fraction of sp³-hybridized carbons (Fsp3) is 0.333. The van der Waals surface area contributed by atoms with E-state index in [-0.39, 0.29) is 11.8 Å². The van der Waals surface area contributed by atoms with Crippen molar-refractivity contribution in [1.82, 2.24) is 9.88 Å². The molecule has 1 N–H and O–H groups in total. The van der Waals surface area contributed by atoms with Gasteiger partial charge < -0.3 is 9.72 Å². The Balaban J connectivity index is 1.88. The van der Waals surface area contributed by atoms with Crippen LogP contribution in [0.4, 0.5) is 0 Å². The Morgan fingerprint density at radius 2 is 1.77 bits per heavy atom. The van der Waals surface area contributed by atoms with Crippen LogP contribution < -0.4 is 4.74 Å². The van der Waals surface area contributed by atoms with Crippen molar-refractivity contribution in [1.29, 1.82) is 0 Å². The number of rotatable bonds is 9. The summed E-state index contributed by atoms with van der Waals surface area (Å²) in [5.74, 6) is 0.709. The number of benzene rings is 2. The van der Waals surface area contributed by atoms with E-state index in [0.29, 0.717) is 10.6 Å². The van der Waals surface area contributed by atoms with Crippen LogP contribution in [0.2, 0.25) is 0 Å². The lowest BCUT2D eigenvalue weighted by molar-refractivity contribution is 0.211. The normalized spacial score (nSPS) is 12.8. The zero-order valence-corrected chi connectivity index (χ0v) is 18.9. The molecule has 0 saturated carbocycles. The van der Waals surface area contributed by atoms with E-state index in [4.69, 9.17) is 4.74 Å². The first-order chi connectivity index (χ1) is 14.4. The summed E-state index contributed by atoms with van der Waals surface area (Å²) < 4.78 is 30.1. The summed E-state index contributed by atoms with van der Waals surface area (Å²) in [6.07, 6.45) is 0. The maximum Gasteiger partial charge on any atom is 0.178 e. The zero-order valence-electron chi connectivity index (χ0n) is 18.1. The van der Waals surface area contributed by atoms with Gasteiger partial charge in [-0.25, -0.2) is 8.42 Å². The van der Waals surface area contributed by atoms with Crippen LogP contribution in [0, 0.1) is 0 Å². The molecule has 1 heterocycles. The number of H-pyrrole nitrogens is 1. The average Bonchev–Trinajstić information content (AvgIpc) is 3.25. The van der Waals surface area contributed by atoms with Gasteiger partial charge in [-0.1, -0.05) is 44.2 Å². The Bertz CT molecular complexity index is 1070. The van der Waals surface area contributed by atoms with Crippen LogP contribution in [0.3, 0.4) is 0 Å². The van der Waals surface area contributed by atoms with E-state index in [1.54, 1.807) is 32.2 Å². The second kappa shape index (κ2) is 9.49. The highest BCUT2D eigenvalue weighted by Crippen LogP contribution is 2.32. The number of hydrogen-bond donors (Lipinski definition) is 1. The molecule has 3 aromatic rings. The number of hydrogen-bond acceptors (Lipinski definition) is 4. The number of methoxy groups -OCH3 is 1. The monoisotopic (exact) mass is 426 g/mol. The van der Waals surface area contributed by atoms with Crippen molar-refractivity contribution < 1.29 is 13.2 Å². The fourth-order valence-corrected chi connectivity index (χ4v) is 4.54. The molecule has 0 aliphatic heterocycles. The van der Waals surface area contributed by atoms with Gasteiger partial charge in [-0.15, -0.1) is 0 Å². The number of aromatic nitrogens is 1. The van der Waals surface area contributed by atoms with Crippen LogP contribution in [0.25, 0.3) is 11.3 Å². The van der Waals surface area contributed by atoms with E-state index in [2.05, 4.69) is 54.1 Å². The fourth-order valence-electron chi connectivity index (χ4n) is 3.63. The first-order valence-corrected chi connectivity index (χ1v) is 11.9. The van der Waals surface area contributed by atoms with Crippen molar-refractivity contribution in [3.8, 4) is 17.0 Å². The molecular weight excluding hydrogens is 396 g/mol. The maximum absolute atomic E-state index is 12.3. The Morgan fingerprint density at radius 3 is 2.40 bits per heavy atom. The molecule has 0 aliphatic carbocycles. The molecule has 160 valence electrons. The van der Waals surface area contributed by atoms with Gasteiger partial charge in [0.1, 0.15) is 5.75 Å². The lowest BCUT2D eigenvalue weighted by Crippen LogP contribution is -2.26. The van der Waals surface area contributed by atoms with Crippen molar-refractivity contribution in [2.75, 3.05) is 19.4 Å². The van der Waals surface area contributed by atoms with Crippen LogP contribution in [0.15, 0.2) is 65.6 Å². The second-order valence-electron chi connectivity index (χ2n) is 7.31. The van der Waals surface area contributed by atoms with E-state index < -0.39 is 9.84 Å². The Labute approximate surface area is 179 Å². The van der Waals surface area contributed by atoms with Gasteiger partial charge in [0, 0.05) is 29.5 Å². The summed E-state index contributed by atoms with van der Waals surface area (Å²) >= 11 is 0. The SMILES string of the molecule is CCN(Cc1ccc(-c2cc(S(=O)(=O)CC)ccc2OC)[nH]1)[C@@H](C)c1ccccc1. The first kappa shape index (κ1) is 22.1. The number of nitrogens with zero attached hydrogens (tertiary/aromatic N) is 1. The van der Waals surface area contributed by atoms with Gasteiger partial charge in [-0.3, -0.25) is 4.90 Å². The summed E-state index contributed by atoms with van der Waals surface area (Å²) in [6.45, 7) is 7.70. The number of nitrogens with one attached hydrogen (secondary N) is 1. The third-order valence-corrected chi connectivity index (χ3v) is 7.29. The van der Waals surface area contributed by atoms with Crippen molar-refractivity contribution in [2.24, 2.45) is 0 Å². The van der Waals surface area contributed by atoms with E-state index in [0.717, 1.165) is 30.0 Å². The standard InChI is InChI=1S/C24H30N2O3S/c1-5-26(18(3)19-10-8-7-9-11-19)17-20-12-14-23(25-20)22-16-21(30(27,28)6-2)13-15-24(22)29-4/h7-16,18,25H,5-6,17H2,1-4H3/t18-/m0/s1. The average molecular weight is 427 g/mol. The molecule has 2 aromatic carbocycles. The van der Waals surface area contributed by atoms with E-state index >= 15 is 0 Å². The maximum atomic E-state index is 12.3. The molecule has 0 fully saturated rings. The van der Waals surface area contributed by atoms with Gasteiger partial charge in [-0.05, 0) is 49.4 Å². The quantitative estimate of drug-likeness (QED) is 0.519. The predicted octanol–water partition coefficient (Wildman–Crippen LogP) is 5.07. The Hall–Kier alpha value is -2.57. The predicted molar refractivity (Wildman–Crippen MR) is 121 cm³/mol. The van der Waals surface area contributed by atoms with Gasteiger partial charge in [0.2, 0.25) is 0 Å². The van der Waals surface area contributed by atoms with Gasteiger partial charge in [0.25, 0.3) is 0 Å².